The van der Waals surface area contributed by atoms with Crippen molar-refractivity contribution in [3.05, 3.63) is 48.0 Å². The summed E-state index contributed by atoms with van der Waals surface area (Å²) in [6.07, 6.45) is 0. The molecule has 0 saturated carbocycles. The predicted molar refractivity (Wildman–Crippen MR) is 97.1 cm³/mol. The number of benzene rings is 2. The summed E-state index contributed by atoms with van der Waals surface area (Å²) in [6.45, 7) is 3.45. The summed E-state index contributed by atoms with van der Waals surface area (Å²) >= 11 is 1.36. The summed E-state index contributed by atoms with van der Waals surface area (Å²) in [5.41, 5.74) is 0.804. The van der Waals surface area contributed by atoms with Crippen molar-refractivity contribution in [1.82, 2.24) is 4.98 Å². The molecule has 6 nitrogen and oxygen atoms in total. The van der Waals surface area contributed by atoms with Gasteiger partial charge in [0.1, 0.15) is 5.75 Å². The molecule has 7 heteroatoms. The normalized spacial score (nSPS) is 19.0. The standard InChI is InChI=1S/C18H15N3O3S/c1-10-7-8-12-14(9-10)25-17(20-12)21-16(23)18(2)15(22)19-11-5-3-4-6-13(11)24-18/h3-9H,1-2H3,(H,19,22)(H,20,21,23). The summed E-state index contributed by atoms with van der Waals surface area (Å²) in [4.78, 5) is 29.5. The Balaban J connectivity index is 1.62. The fourth-order valence-corrected chi connectivity index (χ4v) is 3.58. The average molecular weight is 353 g/mol. The first kappa shape index (κ1) is 15.6. The van der Waals surface area contributed by atoms with Gasteiger partial charge < -0.3 is 10.1 Å². The molecule has 0 fully saturated rings. The third kappa shape index (κ3) is 2.62. The Morgan fingerprint density at radius 3 is 2.92 bits per heavy atom. The molecule has 25 heavy (non-hydrogen) atoms. The van der Waals surface area contributed by atoms with E-state index in [9.17, 15) is 9.59 Å². The van der Waals surface area contributed by atoms with Crippen LogP contribution in [-0.2, 0) is 9.59 Å². The van der Waals surface area contributed by atoms with Crippen LogP contribution in [0.1, 0.15) is 12.5 Å². The molecule has 1 unspecified atom stereocenters. The molecule has 2 heterocycles. The lowest BCUT2D eigenvalue weighted by Gasteiger charge is -2.32. The first-order valence-electron chi connectivity index (χ1n) is 7.74. The Labute approximate surface area is 147 Å². The summed E-state index contributed by atoms with van der Waals surface area (Å²) in [5, 5.41) is 5.85. The number of carbonyl (C=O) groups is 2. The number of para-hydroxylation sites is 2. The molecule has 3 aromatic rings. The number of carbonyl (C=O) groups excluding carboxylic acids is 2. The van der Waals surface area contributed by atoms with Crippen molar-refractivity contribution in [2.45, 2.75) is 19.4 Å². The maximum Gasteiger partial charge on any atom is 0.280 e. The van der Waals surface area contributed by atoms with E-state index in [1.807, 2.05) is 25.1 Å². The van der Waals surface area contributed by atoms with Crippen LogP contribution in [0, 0.1) is 6.92 Å². The third-order valence-corrected chi connectivity index (χ3v) is 5.01. The van der Waals surface area contributed by atoms with Crippen LogP contribution in [0.15, 0.2) is 42.5 Å². The monoisotopic (exact) mass is 353 g/mol. The SMILES string of the molecule is Cc1ccc2nc(NC(=O)C3(C)Oc4ccccc4NC3=O)sc2c1. The van der Waals surface area contributed by atoms with Crippen molar-refractivity contribution in [3.8, 4) is 5.75 Å². The first-order valence-corrected chi connectivity index (χ1v) is 8.55. The number of aryl methyl sites for hydroxylation is 1. The van der Waals surface area contributed by atoms with E-state index in [1.165, 1.54) is 18.3 Å². The highest BCUT2D eigenvalue weighted by atomic mass is 32.1. The zero-order valence-corrected chi connectivity index (χ0v) is 14.4. The van der Waals surface area contributed by atoms with E-state index in [1.54, 1.807) is 24.3 Å². The second-order valence-electron chi connectivity index (χ2n) is 6.03. The van der Waals surface area contributed by atoms with Gasteiger partial charge >= 0.3 is 0 Å². The number of nitrogens with zero attached hydrogens (tertiary/aromatic N) is 1. The van der Waals surface area contributed by atoms with Crippen LogP contribution in [0.25, 0.3) is 10.2 Å². The van der Waals surface area contributed by atoms with Crippen molar-refractivity contribution in [2.75, 3.05) is 10.6 Å². The molecule has 1 atom stereocenters. The summed E-state index contributed by atoms with van der Waals surface area (Å²) in [7, 11) is 0. The van der Waals surface area contributed by atoms with Crippen molar-refractivity contribution in [2.24, 2.45) is 0 Å². The largest absolute Gasteiger partial charge is 0.466 e. The number of rotatable bonds is 2. The van der Waals surface area contributed by atoms with Gasteiger partial charge in [0.2, 0.25) is 0 Å². The quantitative estimate of drug-likeness (QED) is 0.693. The molecule has 2 aromatic carbocycles. The van der Waals surface area contributed by atoms with E-state index in [0.717, 1.165) is 15.8 Å². The van der Waals surface area contributed by atoms with E-state index < -0.39 is 17.4 Å². The molecule has 126 valence electrons. The fraction of sp³-hybridized carbons (Fsp3) is 0.167. The van der Waals surface area contributed by atoms with Crippen LogP contribution < -0.4 is 15.4 Å². The van der Waals surface area contributed by atoms with Crippen LogP contribution in [0.4, 0.5) is 10.8 Å². The van der Waals surface area contributed by atoms with Gasteiger partial charge in [-0.25, -0.2) is 4.98 Å². The van der Waals surface area contributed by atoms with E-state index >= 15 is 0 Å². The number of nitrogens with one attached hydrogen (secondary N) is 2. The summed E-state index contributed by atoms with van der Waals surface area (Å²) in [5.74, 6) is -0.615. The molecule has 2 amide bonds. The second-order valence-corrected chi connectivity index (χ2v) is 7.06. The number of ether oxygens (including phenoxy) is 1. The number of aromatic nitrogens is 1. The molecule has 2 N–H and O–H groups in total. The zero-order chi connectivity index (χ0) is 17.6. The predicted octanol–water partition coefficient (Wildman–Crippen LogP) is 3.33. The van der Waals surface area contributed by atoms with Gasteiger partial charge in [-0.05, 0) is 43.7 Å². The molecule has 1 aromatic heterocycles. The number of fused-ring (bicyclic) bond motifs is 2. The van der Waals surface area contributed by atoms with Gasteiger partial charge in [-0.15, -0.1) is 0 Å². The molecule has 0 bridgehead atoms. The molecular weight excluding hydrogens is 338 g/mol. The first-order chi connectivity index (χ1) is 12.0. The molecular formula is C18H15N3O3S. The zero-order valence-electron chi connectivity index (χ0n) is 13.6. The molecule has 0 saturated heterocycles. The summed E-state index contributed by atoms with van der Waals surface area (Å²) < 4.78 is 6.68. The van der Waals surface area contributed by atoms with Gasteiger partial charge in [0.25, 0.3) is 17.4 Å². The fourth-order valence-electron chi connectivity index (χ4n) is 2.62. The average Bonchev–Trinajstić information content (AvgIpc) is 2.97. The Hall–Kier alpha value is -2.93. The minimum atomic E-state index is -1.66. The topological polar surface area (TPSA) is 80.3 Å². The van der Waals surface area contributed by atoms with Crippen molar-refractivity contribution < 1.29 is 14.3 Å². The molecule has 1 aliphatic rings. The molecule has 1 aliphatic heterocycles. The number of anilines is 2. The van der Waals surface area contributed by atoms with Crippen molar-refractivity contribution in [3.63, 3.8) is 0 Å². The minimum Gasteiger partial charge on any atom is -0.466 e. The van der Waals surface area contributed by atoms with Crippen LogP contribution in [0.5, 0.6) is 5.75 Å². The number of hydrogen-bond acceptors (Lipinski definition) is 5. The Kier molecular flexibility index (Phi) is 3.47. The lowest BCUT2D eigenvalue weighted by molar-refractivity contribution is -0.143. The molecule has 0 aliphatic carbocycles. The van der Waals surface area contributed by atoms with E-state index in [-0.39, 0.29) is 0 Å². The highest BCUT2D eigenvalue weighted by molar-refractivity contribution is 7.22. The van der Waals surface area contributed by atoms with Crippen LogP contribution in [0.2, 0.25) is 0 Å². The number of thiazole rings is 1. The molecule has 4 rings (SSSR count). The van der Waals surface area contributed by atoms with Gasteiger partial charge in [0.05, 0.1) is 15.9 Å². The second kappa shape index (κ2) is 5.56. The highest BCUT2D eigenvalue weighted by Gasteiger charge is 2.47. The third-order valence-electron chi connectivity index (χ3n) is 4.08. The van der Waals surface area contributed by atoms with Gasteiger partial charge in [-0.2, -0.15) is 0 Å². The van der Waals surface area contributed by atoms with Crippen molar-refractivity contribution >= 4 is 44.2 Å². The maximum absolute atomic E-state index is 12.7. The van der Waals surface area contributed by atoms with E-state index in [0.29, 0.717) is 16.6 Å². The molecule has 0 radical (unpaired) electrons. The van der Waals surface area contributed by atoms with Gasteiger partial charge in [-0.1, -0.05) is 29.5 Å². The van der Waals surface area contributed by atoms with Crippen LogP contribution in [-0.4, -0.2) is 22.4 Å². The number of hydrogen-bond donors (Lipinski definition) is 2. The maximum atomic E-state index is 12.7. The minimum absolute atomic E-state index is 0.432. The van der Waals surface area contributed by atoms with E-state index in [4.69, 9.17) is 4.74 Å². The Morgan fingerprint density at radius 2 is 2.08 bits per heavy atom. The van der Waals surface area contributed by atoms with Gasteiger partial charge in [0.15, 0.2) is 5.13 Å². The van der Waals surface area contributed by atoms with Crippen LogP contribution >= 0.6 is 11.3 Å². The number of amides is 2. The van der Waals surface area contributed by atoms with Crippen LogP contribution in [0.3, 0.4) is 0 Å². The Morgan fingerprint density at radius 1 is 1.28 bits per heavy atom. The van der Waals surface area contributed by atoms with Gasteiger partial charge in [-0.3, -0.25) is 14.9 Å². The molecule has 0 spiro atoms. The lowest BCUT2D eigenvalue weighted by atomic mass is 10.0. The van der Waals surface area contributed by atoms with Gasteiger partial charge in [0, 0.05) is 0 Å². The van der Waals surface area contributed by atoms with Crippen molar-refractivity contribution in [1.29, 1.82) is 0 Å². The smallest absolute Gasteiger partial charge is 0.280 e. The lowest BCUT2D eigenvalue weighted by Crippen LogP contribution is -2.56. The highest BCUT2D eigenvalue weighted by Crippen LogP contribution is 2.34. The Bertz CT molecular complexity index is 1010. The van der Waals surface area contributed by atoms with E-state index in [2.05, 4.69) is 15.6 Å². The summed E-state index contributed by atoms with van der Waals surface area (Å²) in [6, 6.07) is 12.9.